The van der Waals surface area contributed by atoms with Crippen LogP contribution >= 0.6 is 0 Å². The van der Waals surface area contributed by atoms with Crippen molar-refractivity contribution in [2.45, 2.75) is 19.1 Å². The zero-order valence-electron chi connectivity index (χ0n) is 7.49. The average molecular weight is 199 g/mol. The molecule has 0 rings (SSSR count). The van der Waals surface area contributed by atoms with E-state index in [0.29, 0.717) is 0 Å². The van der Waals surface area contributed by atoms with E-state index in [-0.39, 0.29) is 18.4 Å². The lowest BCUT2D eigenvalue weighted by molar-refractivity contribution is -0.432. The van der Waals surface area contributed by atoms with Gasteiger partial charge in [0.15, 0.2) is 0 Å². The van der Waals surface area contributed by atoms with E-state index in [4.69, 9.17) is 15.3 Å². The first kappa shape index (κ1) is 18.1. The second-order valence-electron chi connectivity index (χ2n) is 2.12. The number of carbonyl (C=O) groups is 1. The Labute approximate surface area is 75.7 Å². The number of carbonyl (C=O) groups excluding carboxylic acids is 1. The molecule has 0 aromatic rings. The summed E-state index contributed by atoms with van der Waals surface area (Å²) in [5.74, 6) is -2.97. The summed E-state index contributed by atoms with van der Waals surface area (Å²) in [4.78, 5) is 9.26. The Bertz CT molecular complexity index is 120. The van der Waals surface area contributed by atoms with Gasteiger partial charge in [0, 0.05) is 5.97 Å². The van der Waals surface area contributed by atoms with Crippen molar-refractivity contribution in [2.24, 2.45) is 0 Å². The molecule has 0 unspecified atom stereocenters. The fourth-order valence-electron chi connectivity index (χ4n) is 0.0791. The first-order valence-corrected chi connectivity index (χ1v) is 3.44. The Morgan fingerprint density at radius 1 is 1.54 bits per heavy atom. The standard InChI is InChI=1S/C3H9NO3.C3H6O2.H2O/c4-1-3(6,7)2-5;1-2-3(4)5;/h5-7H,1-2,4H2;2H2,1H3,(H,4,5);1H2. The molecule has 0 heterocycles. The third kappa shape index (κ3) is 18.3. The lowest BCUT2D eigenvalue weighted by atomic mass is 10.3. The van der Waals surface area contributed by atoms with Crippen molar-refractivity contribution in [1.82, 2.24) is 0 Å². The van der Waals surface area contributed by atoms with E-state index in [2.05, 4.69) is 5.73 Å². The second-order valence-corrected chi connectivity index (χ2v) is 2.12. The molecule has 7 nitrogen and oxygen atoms in total. The smallest absolute Gasteiger partial charge is 0.237 e. The predicted molar refractivity (Wildman–Crippen MR) is 40.9 cm³/mol. The van der Waals surface area contributed by atoms with Gasteiger partial charge in [0.2, 0.25) is 5.79 Å². The van der Waals surface area contributed by atoms with E-state index in [0.717, 1.165) is 0 Å². The molecule has 82 valence electrons. The minimum atomic E-state index is -1.97. The van der Waals surface area contributed by atoms with Gasteiger partial charge in [-0.05, 0) is 6.42 Å². The quantitative estimate of drug-likeness (QED) is 0.335. The summed E-state index contributed by atoms with van der Waals surface area (Å²) in [6.45, 7) is 0.787. The van der Waals surface area contributed by atoms with Gasteiger partial charge in [-0.25, -0.2) is 0 Å². The molecule has 0 atom stereocenters. The molecular formula is C6H17NO6. The predicted octanol–water partition coefficient (Wildman–Crippen LogP) is -4.78. The Morgan fingerprint density at radius 3 is 1.85 bits per heavy atom. The molecule has 0 aromatic heterocycles. The van der Waals surface area contributed by atoms with Crippen molar-refractivity contribution in [2.75, 3.05) is 13.2 Å². The van der Waals surface area contributed by atoms with Gasteiger partial charge < -0.3 is 36.4 Å². The molecule has 7 heteroatoms. The van der Waals surface area contributed by atoms with Gasteiger partial charge in [-0.1, -0.05) is 6.92 Å². The monoisotopic (exact) mass is 199 g/mol. The van der Waals surface area contributed by atoms with Gasteiger partial charge in [0.1, 0.15) is 13.2 Å². The van der Waals surface area contributed by atoms with Gasteiger partial charge >= 0.3 is 0 Å². The lowest BCUT2D eigenvalue weighted by Gasteiger charge is -2.11. The van der Waals surface area contributed by atoms with Crippen LogP contribution in [0, 0.1) is 0 Å². The van der Waals surface area contributed by atoms with E-state index in [1.54, 1.807) is 0 Å². The molecule has 8 N–H and O–H groups in total. The normalized spacial score (nSPS) is 9.31. The van der Waals surface area contributed by atoms with Gasteiger partial charge in [-0.2, -0.15) is 0 Å². The van der Waals surface area contributed by atoms with Crippen molar-refractivity contribution < 1.29 is 36.4 Å². The van der Waals surface area contributed by atoms with Crippen molar-refractivity contribution >= 4 is 5.97 Å². The number of carboxylic acids is 1. The van der Waals surface area contributed by atoms with Crippen molar-refractivity contribution in [3.8, 4) is 0 Å². The lowest BCUT2D eigenvalue weighted by Crippen LogP contribution is -2.62. The highest BCUT2D eigenvalue weighted by molar-refractivity contribution is 5.63. The molecule has 0 bridgehead atoms. The van der Waals surface area contributed by atoms with Crippen LogP contribution in [0.5, 0.6) is 0 Å². The topological polar surface area (TPSA) is 160 Å². The largest absolute Gasteiger partial charge is 0.550 e. The van der Waals surface area contributed by atoms with Crippen LogP contribution in [0.15, 0.2) is 0 Å². The Balaban J connectivity index is -0.000000150. The summed E-state index contributed by atoms with van der Waals surface area (Å²) in [5.41, 5.74) is 3.17. The number of aliphatic hydroxyl groups is 3. The zero-order chi connectivity index (χ0) is 10.2. The van der Waals surface area contributed by atoms with E-state index in [9.17, 15) is 9.90 Å². The number of rotatable bonds is 3. The summed E-state index contributed by atoms with van der Waals surface area (Å²) in [6, 6.07) is 0. The number of aliphatic carboxylic acids is 1. The molecular weight excluding hydrogens is 182 g/mol. The molecule has 0 spiro atoms. The van der Waals surface area contributed by atoms with Crippen molar-refractivity contribution in [3.63, 3.8) is 0 Å². The van der Waals surface area contributed by atoms with Crippen LogP contribution < -0.4 is 10.8 Å². The zero-order valence-corrected chi connectivity index (χ0v) is 7.49. The molecule has 0 amide bonds. The molecule has 0 aromatic carbocycles. The number of hydrogen-bond donors (Lipinski definition) is 4. The Morgan fingerprint density at radius 2 is 1.85 bits per heavy atom. The van der Waals surface area contributed by atoms with Crippen molar-refractivity contribution in [1.29, 1.82) is 0 Å². The van der Waals surface area contributed by atoms with E-state index >= 15 is 0 Å². The summed E-state index contributed by atoms with van der Waals surface area (Å²) in [5, 5.41) is 34.1. The third-order valence-corrected chi connectivity index (χ3v) is 0.942. The summed E-state index contributed by atoms with van der Waals surface area (Å²) in [7, 11) is 0. The van der Waals surface area contributed by atoms with Gasteiger partial charge in [0.25, 0.3) is 0 Å². The highest BCUT2D eigenvalue weighted by Gasteiger charge is 2.20. The minimum Gasteiger partial charge on any atom is -0.550 e. The van der Waals surface area contributed by atoms with Crippen LogP contribution in [-0.2, 0) is 4.79 Å². The van der Waals surface area contributed by atoms with E-state index in [1.807, 2.05) is 0 Å². The number of aliphatic hydroxyl groups excluding tert-OH is 1. The Kier molecular flexibility index (Phi) is 13.1. The molecule has 0 aliphatic rings. The fourth-order valence-corrected chi connectivity index (χ4v) is 0.0791. The summed E-state index contributed by atoms with van der Waals surface area (Å²) >= 11 is 0. The number of carboxylic acid groups (broad SMARTS) is 1. The van der Waals surface area contributed by atoms with Crippen LogP contribution in [0.25, 0.3) is 0 Å². The maximum Gasteiger partial charge on any atom is 0.237 e. The minimum absolute atomic E-state index is 0. The SMILES string of the molecule is CCC(=O)[O-].O.[NH3+]CC(O)(O)CO. The summed E-state index contributed by atoms with van der Waals surface area (Å²) in [6.07, 6.45) is 0.111. The second kappa shape index (κ2) is 9.36. The molecule has 0 radical (unpaired) electrons. The number of quaternary nitrogens is 1. The van der Waals surface area contributed by atoms with E-state index in [1.165, 1.54) is 6.92 Å². The molecule has 0 aliphatic heterocycles. The van der Waals surface area contributed by atoms with Gasteiger partial charge in [0.05, 0.1) is 0 Å². The van der Waals surface area contributed by atoms with Crippen LogP contribution in [-0.4, -0.2) is 45.7 Å². The molecule has 0 saturated carbocycles. The average Bonchev–Trinajstić information content (AvgIpc) is 2.05. The van der Waals surface area contributed by atoms with E-state index < -0.39 is 18.4 Å². The van der Waals surface area contributed by atoms with Gasteiger partial charge in [-0.15, -0.1) is 0 Å². The molecule has 13 heavy (non-hydrogen) atoms. The molecule has 0 aliphatic carbocycles. The van der Waals surface area contributed by atoms with Gasteiger partial charge in [-0.3, -0.25) is 0 Å². The molecule has 0 saturated heterocycles. The third-order valence-electron chi connectivity index (χ3n) is 0.942. The first-order valence-electron chi connectivity index (χ1n) is 3.44. The summed E-state index contributed by atoms with van der Waals surface area (Å²) < 4.78 is 0. The highest BCUT2D eigenvalue weighted by Crippen LogP contribution is 1.88. The van der Waals surface area contributed by atoms with Crippen molar-refractivity contribution in [3.05, 3.63) is 0 Å². The molecule has 0 fully saturated rings. The maximum atomic E-state index is 9.26. The Hall–Kier alpha value is -0.730. The van der Waals surface area contributed by atoms with Crippen LogP contribution in [0.3, 0.4) is 0 Å². The van der Waals surface area contributed by atoms with Crippen LogP contribution in [0.4, 0.5) is 0 Å². The first-order chi connectivity index (χ1) is 5.39. The maximum absolute atomic E-state index is 9.26. The number of hydrogen-bond acceptors (Lipinski definition) is 5. The van der Waals surface area contributed by atoms with Crippen LogP contribution in [0.1, 0.15) is 13.3 Å². The fraction of sp³-hybridized carbons (Fsp3) is 0.833. The highest BCUT2D eigenvalue weighted by atomic mass is 16.5. The van der Waals surface area contributed by atoms with Crippen LogP contribution in [0.2, 0.25) is 0 Å².